The number of anilines is 1. The van der Waals surface area contributed by atoms with Gasteiger partial charge in [-0.3, -0.25) is 9.69 Å². The van der Waals surface area contributed by atoms with E-state index in [4.69, 9.17) is 0 Å². The average molecular weight is 276 g/mol. The van der Waals surface area contributed by atoms with Gasteiger partial charge >= 0.3 is 0 Å². The Bertz CT molecular complexity index is 460. The largest absolute Gasteiger partial charge is 0.393 e. The first-order valence-electron chi connectivity index (χ1n) is 7.32. The summed E-state index contributed by atoms with van der Waals surface area (Å²) in [6.07, 6.45) is 1.97. The monoisotopic (exact) mass is 276 g/mol. The van der Waals surface area contributed by atoms with E-state index in [1.807, 2.05) is 25.1 Å². The number of nitrogens with one attached hydrogen (secondary N) is 1. The van der Waals surface area contributed by atoms with Gasteiger partial charge in [0.05, 0.1) is 6.10 Å². The lowest BCUT2D eigenvalue weighted by atomic mass is 9.93. The van der Waals surface area contributed by atoms with Crippen LogP contribution in [0.5, 0.6) is 0 Å². The first-order chi connectivity index (χ1) is 9.56. The van der Waals surface area contributed by atoms with Crippen LogP contribution in [0.25, 0.3) is 0 Å². The van der Waals surface area contributed by atoms with Crippen LogP contribution in [-0.2, 0) is 11.3 Å². The van der Waals surface area contributed by atoms with Crippen molar-refractivity contribution in [3.63, 3.8) is 0 Å². The van der Waals surface area contributed by atoms with Crippen molar-refractivity contribution in [3.05, 3.63) is 29.8 Å². The molecule has 4 heteroatoms. The van der Waals surface area contributed by atoms with E-state index in [1.165, 1.54) is 6.92 Å². The van der Waals surface area contributed by atoms with Gasteiger partial charge in [0.25, 0.3) is 0 Å². The van der Waals surface area contributed by atoms with E-state index >= 15 is 0 Å². The van der Waals surface area contributed by atoms with Crippen LogP contribution < -0.4 is 5.32 Å². The summed E-state index contributed by atoms with van der Waals surface area (Å²) in [6.45, 7) is 6.20. The Kier molecular flexibility index (Phi) is 5.15. The van der Waals surface area contributed by atoms with Crippen molar-refractivity contribution in [2.24, 2.45) is 5.92 Å². The Morgan fingerprint density at radius 3 is 2.95 bits per heavy atom. The maximum absolute atomic E-state index is 11.2. The van der Waals surface area contributed by atoms with Gasteiger partial charge in [-0.25, -0.2) is 0 Å². The summed E-state index contributed by atoms with van der Waals surface area (Å²) in [5.41, 5.74) is 2.02. The third-order valence-electron chi connectivity index (χ3n) is 3.95. The third kappa shape index (κ3) is 4.05. The molecular formula is C16H24N2O2. The molecule has 1 aliphatic rings. The van der Waals surface area contributed by atoms with Crippen LogP contribution in [0, 0.1) is 5.92 Å². The molecule has 0 saturated carbocycles. The first-order valence-corrected chi connectivity index (χ1v) is 7.32. The lowest BCUT2D eigenvalue weighted by Gasteiger charge is -2.34. The van der Waals surface area contributed by atoms with Gasteiger partial charge in [-0.1, -0.05) is 18.2 Å². The number of nitrogens with zero attached hydrogens (tertiary/aromatic N) is 1. The molecule has 4 nitrogen and oxygen atoms in total. The zero-order valence-corrected chi connectivity index (χ0v) is 12.3. The number of aliphatic hydroxyl groups is 1. The molecule has 0 bridgehead atoms. The first kappa shape index (κ1) is 15.0. The topological polar surface area (TPSA) is 52.6 Å². The minimum absolute atomic E-state index is 0.0436. The van der Waals surface area contributed by atoms with Crippen LogP contribution in [0.4, 0.5) is 5.69 Å². The van der Waals surface area contributed by atoms with Gasteiger partial charge in [-0.2, -0.15) is 0 Å². The molecule has 1 amide bonds. The van der Waals surface area contributed by atoms with E-state index in [2.05, 4.69) is 16.3 Å². The van der Waals surface area contributed by atoms with Crippen molar-refractivity contribution in [2.45, 2.75) is 39.3 Å². The standard InChI is InChI=1S/C16H24N2O2/c1-12(19)14-7-5-9-18(10-14)11-15-6-3-4-8-16(15)17-13(2)20/h3-4,6,8,12,14,19H,5,7,9-11H2,1-2H3,(H,17,20)/t12-,14+/m0/s1. The second-order valence-corrected chi connectivity index (χ2v) is 5.72. The molecule has 110 valence electrons. The number of aliphatic hydroxyl groups excluding tert-OH is 1. The summed E-state index contributed by atoms with van der Waals surface area (Å²) in [7, 11) is 0. The summed E-state index contributed by atoms with van der Waals surface area (Å²) in [4.78, 5) is 13.6. The average Bonchev–Trinajstić information content (AvgIpc) is 2.41. The van der Waals surface area contributed by atoms with Gasteiger partial charge in [0.15, 0.2) is 0 Å². The van der Waals surface area contributed by atoms with E-state index in [0.717, 1.165) is 43.7 Å². The van der Waals surface area contributed by atoms with E-state index in [-0.39, 0.29) is 12.0 Å². The molecule has 1 aromatic carbocycles. The molecule has 1 saturated heterocycles. The van der Waals surface area contributed by atoms with Crippen molar-refractivity contribution < 1.29 is 9.90 Å². The van der Waals surface area contributed by atoms with Crippen LogP contribution in [0.1, 0.15) is 32.3 Å². The van der Waals surface area contributed by atoms with Crippen molar-refractivity contribution >= 4 is 11.6 Å². The normalized spacial score (nSPS) is 21.4. The molecule has 2 atom stereocenters. The predicted molar refractivity (Wildman–Crippen MR) is 80.4 cm³/mol. The molecule has 2 N–H and O–H groups in total. The zero-order chi connectivity index (χ0) is 14.5. The summed E-state index contributed by atoms with van der Waals surface area (Å²) >= 11 is 0. The molecule has 0 spiro atoms. The highest BCUT2D eigenvalue weighted by Crippen LogP contribution is 2.23. The Morgan fingerprint density at radius 1 is 1.50 bits per heavy atom. The van der Waals surface area contributed by atoms with Crippen molar-refractivity contribution in [2.75, 3.05) is 18.4 Å². The van der Waals surface area contributed by atoms with Crippen LogP contribution in [-0.4, -0.2) is 35.1 Å². The number of rotatable bonds is 4. The zero-order valence-electron chi connectivity index (χ0n) is 12.3. The maximum atomic E-state index is 11.2. The molecule has 1 fully saturated rings. The highest BCUT2D eigenvalue weighted by molar-refractivity contribution is 5.89. The summed E-state index contributed by atoms with van der Waals surface area (Å²) < 4.78 is 0. The summed E-state index contributed by atoms with van der Waals surface area (Å²) in [5, 5.41) is 12.6. The van der Waals surface area contributed by atoms with Gasteiger partial charge in [-0.05, 0) is 43.9 Å². The number of piperidine rings is 1. The van der Waals surface area contributed by atoms with Crippen molar-refractivity contribution in [1.82, 2.24) is 4.90 Å². The molecule has 0 aliphatic carbocycles. The molecule has 0 unspecified atom stereocenters. The van der Waals surface area contributed by atoms with Crippen LogP contribution >= 0.6 is 0 Å². The number of benzene rings is 1. The van der Waals surface area contributed by atoms with Gasteiger partial charge in [-0.15, -0.1) is 0 Å². The third-order valence-corrected chi connectivity index (χ3v) is 3.95. The van der Waals surface area contributed by atoms with Crippen LogP contribution in [0.15, 0.2) is 24.3 Å². The van der Waals surface area contributed by atoms with E-state index in [9.17, 15) is 9.90 Å². The number of likely N-dealkylation sites (tertiary alicyclic amines) is 1. The maximum Gasteiger partial charge on any atom is 0.221 e. The highest BCUT2D eigenvalue weighted by atomic mass is 16.3. The molecule has 2 rings (SSSR count). The van der Waals surface area contributed by atoms with Crippen molar-refractivity contribution in [3.8, 4) is 0 Å². The van der Waals surface area contributed by atoms with Crippen molar-refractivity contribution in [1.29, 1.82) is 0 Å². The summed E-state index contributed by atoms with van der Waals surface area (Å²) in [5.74, 6) is 0.314. The Labute approximate surface area is 120 Å². The molecule has 1 heterocycles. The number of amides is 1. The number of hydrogen-bond donors (Lipinski definition) is 2. The van der Waals surface area contributed by atoms with Crippen LogP contribution in [0.3, 0.4) is 0 Å². The number of carbonyl (C=O) groups excluding carboxylic acids is 1. The molecule has 0 radical (unpaired) electrons. The molecule has 20 heavy (non-hydrogen) atoms. The quantitative estimate of drug-likeness (QED) is 0.886. The number of para-hydroxylation sites is 1. The molecule has 0 aromatic heterocycles. The van der Waals surface area contributed by atoms with E-state index in [1.54, 1.807) is 0 Å². The minimum Gasteiger partial charge on any atom is -0.393 e. The highest BCUT2D eigenvalue weighted by Gasteiger charge is 2.23. The Hall–Kier alpha value is -1.39. The second-order valence-electron chi connectivity index (χ2n) is 5.72. The van der Waals surface area contributed by atoms with Gasteiger partial charge in [0, 0.05) is 25.7 Å². The molecular weight excluding hydrogens is 252 g/mol. The Balaban J connectivity index is 2.04. The SMILES string of the molecule is CC(=O)Nc1ccccc1CN1CCC[C@@H]([C@H](C)O)C1. The van der Waals surface area contributed by atoms with Gasteiger partial charge in [0.1, 0.15) is 0 Å². The predicted octanol–water partition coefficient (Wildman–Crippen LogP) is 2.24. The fourth-order valence-electron chi connectivity index (χ4n) is 2.84. The lowest BCUT2D eigenvalue weighted by molar-refractivity contribution is -0.114. The van der Waals surface area contributed by atoms with Gasteiger partial charge < -0.3 is 10.4 Å². The number of hydrogen-bond acceptors (Lipinski definition) is 3. The smallest absolute Gasteiger partial charge is 0.221 e. The second kappa shape index (κ2) is 6.86. The van der Waals surface area contributed by atoms with E-state index < -0.39 is 0 Å². The fraction of sp³-hybridized carbons (Fsp3) is 0.562. The number of carbonyl (C=O) groups is 1. The van der Waals surface area contributed by atoms with E-state index in [0.29, 0.717) is 5.92 Å². The van der Waals surface area contributed by atoms with Crippen LogP contribution in [0.2, 0.25) is 0 Å². The minimum atomic E-state index is -0.247. The lowest BCUT2D eigenvalue weighted by Crippen LogP contribution is -2.39. The summed E-state index contributed by atoms with van der Waals surface area (Å²) in [6, 6.07) is 7.92. The molecule has 1 aromatic rings. The molecule has 1 aliphatic heterocycles. The fourth-order valence-corrected chi connectivity index (χ4v) is 2.84. The Morgan fingerprint density at radius 2 is 2.25 bits per heavy atom. The van der Waals surface area contributed by atoms with Gasteiger partial charge in [0.2, 0.25) is 5.91 Å².